The fourth-order valence-corrected chi connectivity index (χ4v) is 2.43. The number of piperidine rings is 1. The predicted molar refractivity (Wildman–Crippen MR) is 78.3 cm³/mol. The third kappa shape index (κ3) is 6.84. The molecule has 1 aliphatic heterocycles. The summed E-state index contributed by atoms with van der Waals surface area (Å²) in [4.78, 5) is 2.53. The Morgan fingerprint density at radius 1 is 1.18 bits per heavy atom. The van der Waals surface area contributed by atoms with Gasteiger partial charge in [0.2, 0.25) is 0 Å². The van der Waals surface area contributed by atoms with Gasteiger partial charge < -0.3 is 15.5 Å². The first-order valence-corrected chi connectivity index (χ1v) is 7.25. The molecule has 1 saturated heterocycles. The zero-order valence-corrected chi connectivity index (χ0v) is 12.3. The lowest BCUT2D eigenvalue weighted by molar-refractivity contribution is 0.215. The Kier molecular flexibility index (Phi) is 6.82. The number of thiocarbonyl (C=S) groups is 1. The van der Waals surface area contributed by atoms with Crippen LogP contribution in [0.15, 0.2) is 0 Å². The highest BCUT2D eigenvalue weighted by Crippen LogP contribution is 2.08. The number of likely N-dealkylation sites (tertiary alicyclic amines) is 1. The molecule has 4 heteroatoms. The highest BCUT2D eigenvalue weighted by molar-refractivity contribution is 7.80. The molecule has 1 heterocycles. The maximum atomic E-state index is 5.28. The van der Waals surface area contributed by atoms with Crippen LogP contribution in [0, 0.1) is 5.92 Å². The molecule has 1 unspecified atom stereocenters. The highest BCUT2D eigenvalue weighted by Gasteiger charge is 2.13. The molecule has 1 aliphatic rings. The van der Waals surface area contributed by atoms with Crippen molar-refractivity contribution < 1.29 is 0 Å². The Hall–Kier alpha value is -0.350. The Morgan fingerprint density at radius 2 is 1.82 bits per heavy atom. The maximum Gasteiger partial charge on any atom is 0.166 e. The van der Waals surface area contributed by atoms with Crippen LogP contribution in [-0.2, 0) is 0 Å². The van der Waals surface area contributed by atoms with Crippen LogP contribution >= 0.6 is 12.2 Å². The van der Waals surface area contributed by atoms with Gasteiger partial charge >= 0.3 is 0 Å². The summed E-state index contributed by atoms with van der Waals surface area (Å²) < 4.78 is 0. The van der Waals surface area contributed by atoms with Crippen LogP contribution in [0.5, 0.6) is 0 Å². The van der Waals surface area contributed by atoms with Crippen molar-refractivity contribution in [3.05, 3.63) is 0 Å². The van der Waals surface area contributed by atoms with Crippen molar-refractivity contribution in [1.82, 2.24) is 15.5 Å². The summed E-state index contributed by atoms with van der Waals surface area (Å²) >= 11 is 5.28. The van der Waals surface area contributed by atoms with Crippen LogP contribution < -0.4 is 10.6 Å². The monoisotopic (exact) mass is 257 g/mol. The Labute approximate surface area is 111 Å². The molecule has 100 valence electrons. The molecule has 0 aliphatic carbocycles. The topological polar surface area (TPSA) is 27.3 Å². The molecule has 0 aromatic heterocycles. The minimum atomic E-state index is 0.431. The molecule has 0 aromatic carbocycles. The fourth-order valence-electron chi connectivity index (χ4n) is 2.15. The predicted octanol–water partition coefficient (Wildman–Crippen LogP) is 1.98. The third-order valence-electron chi connectivity index (χ3n) is 3.03. The third-order valence-corrected chi connectivity index (χ3v) is 3.29. The van der Waals surface area contributed by atoms with E-state index in [0.717, 1.165) is 18.2 Å². The molecular weight excluding hydrogens is 230 g/mol. The summed E-state index contributed by atoms with van der Waals surface area (Å²) in [5, 5.41) is 7.41. The van der Waals surface area contributed by atoms with Crippen LogP contribution in [0.4, 0.5) is 0 Å². The molecule has 0 amide bonds. The maximum absolute atomic E-state index is 5.28. The SMILES string of the molecule is CC(C)CNC(=S)NC(C)CN1CCCCC1. The second-order valence-electron chi connectivity index (χ2n) is 5.51. The molecule has 0 aromatic rings. The summed E-state index contributed by atoms with van der Waals surface area (Å²) in [7, 11) is 0. The molecule has 0 saturated carbocycles. The van der Waals surface area contributed by atoms with E-state index in [1.807, 2.05) is 0 Å². The zero-order chi connectivity index (χ0) is 12.7. The van der Waals surface area contributed by atoms with Gasteiger partial charge in [0.15, 0.2) is 5.11 Å². The van der Waals surface area contributed by atoms with E-state index >= 15 is 0 Å². The second kappa shape index (κ2) is 7.88. The van der Waals surface area contributed by atoms with Crippen molar-refractivity contribution in [2.24, 2.45) is 5.92 Å². The largest absolute Gasteiger partial charge is 0.362 e. The number of nitrogens with one attached hydrogen (secondary N) is 2. The van der Waals surface area contributed by atoms with E-state index in [-0.39, 0.29) is 0 Å². The lowest BCUT2D eigenvalue weighted by Gasteiger charge is -2.29. The fraction of sp³-hybridized carbons (Fsp3) is 0.923. The van der Waals surface area contributed by atoms with Crippen LogP contribution in [0.3, 0.4) is 0 Å². The van der Waals surface area contributed by atoms with Crippen LogP contribution in [0.1, 0.15) is 40.0 Å². The standard InChI is InChI=1S/C13H27N3S/c1-11(2)9-14-13(17)15-12(3)10-16-7-5-4-6-8-16/h11-12H,4-10H2,1-3H3,(H2,14,15,17). The van der Waals surface area contributed by atoms with Crippen molar-refractivity contribution in [3.63, 3.8) is 0 Å². The van der Waals surface area contributed by atoms with Crippen LogP contribution in [-0.4, -0.2) is 42.2 Å². The molecule has 3 nitrogen and oxygen atoms in total. The van der Waals surface area contributed by atoms with Gasteiger partial charge in [0.25, 0.3) is 0 Å². The molecule has 0 radical (unpaired) electrons. The van der Waals surface area contributed by atoms with Gasteiger partial charge in [0, 0.05) is 19.1 Å². The lowest BCUT2D eigenvalue weighted by Crippen LogP contribution is -2.47. The van der Waals surface area contributed by atoms with Crippen LogP contribution in [0.25, 0.3) is 0 Å². The summed E-state index contributed by atoms with van der Waals surface area (Å²) in [5.74, 6) is 0.632. The molecule has 2 N–H and O–H groups in total. The molecule has 1 atom stereocenters. The quantitative estimate of drug-likeness (QED) is 0.737. The summed E-state index contributed by atoms with van der Waals surface area (Å²) in [6, 6.07) is 0.431. The van der Waals surface area contributed by atoms with E-state index in [2.05, 4.69) is 36.3 Å². The molecule has 0 bridgehead atoms. The van der Waals surface area contributed by atoms with E-state index in [9.17, 15) is 0 Å². The normalized spacial score (nSPS) is 19.1. The Morgan fingerprint density at radius 3 is 2.41 bits per heavy atom. The number of hydrogen-bond donors (Lipinski definition) is 2. The smallest absolute Gasteiger partial charge is 0.166 e. The second-order valence-corrected chi connectivity index (χ2v) is 5.92. The van der Waals surface area contributed by atoms with Crippen molar-refractivity contribution in [2.75, 3.05) is 26.2 Å². The first kappa shape index (κ1) is 14.7. The highest BCUT2D eigenvalue weighted by atomic mass is 32.1. The van der Waals surface area contributed by atoms with E-state index < -0.39 is 0 Å². The van der Waals surface area contributed by atoms with Gasteiger partial charge in [-0.2, -0.15) is 0 Å². The number of rotatable bonds is 5. The van der Waals surface area contributed by atoms with Gasteiger partial charge in [0.1, 0.15) is 0 Å². The Balaban J connectivity index is 2.14. The molecule has 0 spiro atoms. The number of nitrogens with zero attached hydrogens (tertiary/aromatic N) is 1. The van der Waals surface area contributed by atoms with Crippen molar-refractivity contribution in [2.45, 2.75) is 46.1 Å². The summed E-state index contributed by atoms with van der Waals surface area (Å²) in [5.41, 5.74) is 0. The minimum Gasteiger partial charge on any atom is -0.362 e. The molecular formula is C13H27N3S. The van der Waals surface area contributed by atoms with Gasteiger partial charge in [-0.15, -0.1) is 0 Å². The average molecular weight is 257 g/mol. The van der Waals surface area contributed by atoms with Gasteiger partial charge in [0.05, 0.1) is 0 Å². The summed E-state index contributed by atoms with van der Waals surface area (Å²) in [6.45, 7) is 11.1. The number of hydrogen-bond acceptors (Lipinski definition) is 2. The van der Waals surface area contributed by atoms with Gasteiger partial charge in [-0.05, 0) is 51.0 Å². The van der Waals surface area contributed by atoms with E-state index in [1.165, 1.54) is 32.4 Å². The first-order valence-electron chi connectivity index (χ1n) is 6.84. The van der Waals surface area contributed by atoms with E-state index in [0.29, 0.717) is 12.0 Å². The van der Waals surface area contributed by atoms with E-state index in [1.54, 1.807) is 0 Å². The Bertz CT molecular complexity index is 225. The zero-order valence-electron chi connectivity index (χ0n) is 11.5. The van der Waals surface area contributed by atoms with Gasteiger partial charge in [-0.25, -0.2) is 0 Å². The summed E-state index contributed by atoms with van der Waals surface area (Å²) in [6.07, 6.45) is 4.10. The average Bonchev–Trinajstić information content (AvgIpc) is 2.27. The van der Waals surface area contributed by atoms with Gasteiger partial charge in [-0.3, -0.25) is 0 Å². The van der Waals surface area contributed by atoms with Gasteiger partial charge in [-0.1, -0.05) is 20.3 Å². The van der Waals surface area contributed by atoms with Crippen molar-refractivity contribution >= 4 is 17.3 Å². The molecule has 1 fully saturated rings. The lowest BCUT2D eigenvalue weighted by atomic mass is 10.1. The molecule has 1 rings (SSSR count). The molecule has 17 heavy (non-hydrogen) atoms. The minimum absolute atomic E-state index is 0.431. The van der Waals surface area contributed by atoms with Crippen molar-refractivity contribution in [1.29, 1.82) is 0 Å². The first-order chi connectivity index (χ1) is 8.08. The van der Waals surface area contributed by atoms with Crippen LogP contribution in [0.2, 0.25) is 0 Å². The van der Waals surface area contributed by atoms with Crippen molar-refractivity contribution in [3.8, 4) is 0 Å². The van der Waals surface area contributed by atoms with E-state index in [4.69, 9.17) is 12.2 Å².